The molecule has 0 saturated carbocycles. The molecule has 0 unspecified atom stereocenters. The van der Waals surface area contributed by atoms with Crippen LogP contribution < -0.4 is 0 Å². The highest BCUT2D eigenvalue weighted by atomic mass is 16.4. The lowest BCUT2D eigenvalue weighted by atomic mass is 9.90. The van der Waals surface area contributed by atoms with Crippen LogP contribution in [0.25, 0.3) is 11.3 Å². The largest absolute Gasteiger partial charge is 0.478 e. The van der Waals surface area contributed by atoms with Crippen LogP contribution in [0, 0.1) is 0 Å². The average molecular weight is 325 g/mol. The van der Waals surface area contributed by atoms with Gasteiger partial charge in [0.1, 0.15) is 0 Å². The number of aromatic carboxylic acids is 1. The minimum Gasteiger partial charge on any atom is -0.478 e. The third-order valence-corrected chi connectivity index (χ3v) is 4.68. The van der Waals surface area contributed by atoms with Crippen molar-refractivity contribution in [2.45, 2.75) is 38.6 Å². The summed E-state index contributed by atoms with van der Waals surface area (Å²) in [4.78, 5) is 22.8. The summed E-state index contributed by atoms with van der Waals surface area (Å²) in [6.45, 7) is 6.53. The first-order valence-electron chi connectivity index (χ1n) is 8.45. The zero-order valence-electron chi connectivity index (χ0n) is 14.1. The van der Waals surface area contributed by atoms with Gasteiger partial charge in [-0.25, -0.2) is 4.79 Å². The van der Waals surface area contributed by atoms with Crippen LogP contribution in [-0.2, 0) is 0 Å². The number of likely N-dealkylation sites (tertiary alicyclic amines) is 1. The zero-order chi connectivity index (χ0) is 17.1. The summed E-state index contributed by atoms with van der Waals surface area (Å²) in [7, 11) is 0. The van der Waals surface area contributed by atoms with Gasteiger partial charge in [-0.15, -0.1) is 0 Å². The third-order valence-electron chi connectivity index (χ3n) is 4.68. The van der Waals surface area contributed by atoms with Crippen LogP contribution in [-0.4, -0.2) is 45.1 Å². The summed E-state index contributed by atoms with van der Waals surface area (Å²) >= 11 is 0. The quantitative estimate of drug-likeness (QED) is 0.933. The molecule has 3 rings (SSSR count). The first-order chi connectivity index (χ1) is 11.6. The Morgan fingerprint density at radius 2 is 2.08 bits per heavy atom. The van der Waals surface area contributed by atoms with Crippen LogP contribution in [0.15, 0.2) is 36.7 Å². The molecule has 0 radical (unpaired) electrons. The highest BCUT2D eigenvalue weighted by Crippen LogP contribution is 2.32. The van der Waals surface area contributed by atoms with Crippen molar-refractivity contribution in [2.75, 3.05) is 13.1 Å². The molecule has 1 saturated heterocycles. The second-order valence-corrected chi connectivity index (χ2v) is 6.60. The molecule has 2 heterocycles. The number of carbonyl (C=O) groups is 1. The molecule has 1 atom stereocenters. The van der Waals surface area contributed by atoms with E-state index in [1.54, 1.807) is 30.6 Å². The Morgan fingerprint density at radius 1 is 1.29 bits per heavy atom. The number of carboxylic acid groups (broad SMARTS) is 1. The van der Waals surface area contributed by atoms with Gasteiger partial charge in [0.2, 0.25) is 0 Å². The molecule has 5 heteroatoms. The van der Waals surface area contributed by atoms with Crippen molar-refractivity contribution in [3.05, 3.63) is 47.9 Å². The first-order valence-corrected chi connectivity index (χ1v) is 8.45. The van der Waals surface area contributed by atoms with Gasteiger partial charge >= 0.3 is 5.97 Å². The van der Waals surface area contributed by atoms with Crippen LogP contribution in [0.5, 0.6) is 0 Å². The van der Waals surface area contributed by atoms with Gasteiger partial charge in [-0.3, -0.25) is 9.97 Å². The van der Waals surface area contributed by atoms with Gasteiger partial charge in [0.25, 0.3) is 0 Å². The Hall–Kier alpha value is -2.27. The molecule has 24 heavy (non-hydrogen) atoms. The molecular formula is C19H23N3O2. The Morgan fingerprint density at radius 3 is 2.83 bits per heavy atom. The second-order valence-electron chi connectivity index (χ2n) is 6.60. The molecule has 1 N–H and O–H groups in total. The number of nitrogens with zero attached hydrogens (tertiary/aromatic N) is 3. The van der Waals surface area contributed by atoms with E-state index in [1.807, 2.05) is 6.07 Å². The molecule has 1 aromatic heterocycles. The van der Waals surface area contributed by atoms with Crippen molar-refractivity contribution in [3.63, 3.8) is 0 Å². The van der Waals surface area contributed by atoms with Gasteiger partial charge in [-0.05, 0) is 45.4 Å². The van der Waals surface area contributed by atoms with Crippen molar-refractivity contribution in [2.24, 2.45) is 0 Å². The Kier molecular flexibility index (Phi) is 4.90. The number of carboxylic acids is 1. The molecule has 0 amide bonds. The van der Waals surface area contributed by atoms with Crippen molar-refractivity contribution >= 4 is 5.97 Å². The third kappa shape index (κ3) is 3.46. The second kappa shape index (κ2) is 7.09. The van der Waals surface area contributed by atoms with Crippen LogP contribution in [0.2, 0.25) is 0 Å². The molecule has 0 bridgehead atoms. The van der Waals surface area contributed by atoms with Gasteiger partial charge in [-0.1, -0.05) is 12.1 Å². The molecule has 0 spiro atoms. The van der Waals surface area contributed by atoms with E-state index in [2.05, 4.69) is 28.7 Å². The van der Waals surface area contributed by atoms with Crippen LogP contribution in [0.4, 0.5) is 0 Å². The molecular weight excluding hydrogens is 302 g/mol. The van der Waals surface area contributed by atoms with Crippen molar-refractivity contribution in [1.82, 2.24) is 14.9 Å². The standard InChI is InChI=1S/C19H23N3O2/c1-13(2)22-10-4-7-16(12-22)18-17(20-8-9-21-18)14-5-3-6-15(11-14)19(23)24/h3,5-6,8-9,11,13,16H,4,7,10,12H2,1-2H3,(H,23,24)/t16-/m0/s1. The molecule has 0 aliphatic carbocycles. The predicted molar refractivity (Wildman–Crippen MR) is 93.1 cm³/mol. The summed E-state index contributed by atoms with van der Waals surface area (Å²) in [6, 6.07) is 7.46. The van der Waals surface area contributed by atoms with E-state index in [4.69, 9.17) is 0 Å². The average Bonchev–Trinajstić information content (AvgIpc) is 2.62. The molecule has 1 fully saturated rings. The SMILES string of the molecule is CC(C)N1CCC[C@H](c2nccnc2-c2cccc(C(=O)O)c2)C1. The van der Waals surface area contributed by atoms with Gasteiger partial charge in [0, 0.05) is 36.5 Å². The molecule has 1 aromatic carbocycles. The monoisotopic (exact) mass is 325 g/mol. The lowest BCUT2D eigenvalue weighted by molar-refractivity contribution is 0.0697. The zero-order valence-corrected chi connectivity index (χ0v) is 14.1. The van der Waals surface area contributed by atoms with E-state index in [0.717, 1.165) is 42.9 Å². The number of hydrogen-bond acceptors (Lipinski definition) is 4. The van der Waals surface area contributed by atoms with E-state index in [1.165, 1.54) is 0 Å². The normalized spacial score (nSPS) is 18.7. The van der Waals surface area contributed by atoms with Gasteiger partial charge < -0.3 is 10.0 Å². The van der Waals surface area contributed by atoms with Crippen molar-refractivity contribution in [3.8, 4) is 11.3 Å². The highest BCUT2D eigenvalue weighted by Gasteiger charge is 2.26. The van der Waals surface area contributed by atoms with E-state index in [0.29, 0.717) is 12.0 Å². The van der Waals surface area contributed by atoms with Crippen LogP contribution in [0.3, 0.4) is 0 Å². The minimum absolute atomic E-state index is 0.275. The van der Waals surface area contributed by atoms with E-state index in [-0.39, 0.29) is 5.56 Å². The maximum atomic E-state index is 11.2. The van der Waals surface area contributed by atoms with Crippen LogP contribution in [0.1, 0.15) is 48.7 Å². The maximum absolute atomic E-state index is 11.2. The van der Waals surface area contributed by atoms with E-state index >= 15 is 0 Å². The number of piperidine rings is 1. The lowest BCUT2D eigenvalue weighted by Gasteiger charge is -2.35. The summed E-state index contributed by atoms with van der Waals surface area (Å²) in [6.07, 6.45) is 5.64. The topological polar surface area (TPSA) is 66.3 Å². The fourth-order valence-corrected chi connectivity index (χ4v) is 3.37. The van der Waals surface area contributed by atoms with Crippen molar-refractivity contribution in [1.29, 1.82) is 0 Å². The number of benzene rings is 1. The first kappa shape index (κ1) is 16.6. The van der Waals surface area contributed by atoms with E-state index in [9.17, 15) is 9.90 Å². The number of rotatable bonds is 4. The summed E-state index contributed by atoms with van der Waals surface area (Å²) in [5.74, 6) is -0.593. The highest BCUT2D eigenvalue weighted by molar-refractivity contribution is 5.89. The summed E-state index contributed by atoms with van der Waals surface area (Å²) in [5.41, 5.74) is 2.87. The molecule has 5 nitrogen and oxygen atoms in total. The molecule has 2 aromatic rings. The maximum Gasteiger partial charge on any atom is 0.335 e. The smallest absolute Gasteiger partial charge is 0.335 e. The fraction of sp³-hybridized carbons (Fsp3) is 0.421. The van der Waals surface area contributed by atoms with Gasteiger partial charge in [0.05, 0.1) is 17.0 Å². The van der Waals surface area contributed by atoms with Crippen molar-refractivity contribution < 1.29 is 9.90 Å². The Labute approximate surface area is 142 Å². The van der Waals surface area contributed by atoms with Gasteiger partial charge in [0.15, 0.2) is 0 Å². The summed E-state index contributed by atoms with van der Waals surface area (Å²) < 4.78 is 0. The number of hydrogen-bond donors (Lipinski definition) is 1. The molecule has 1 aliphatic heterocycles. The fourth-order valence-electron chi connectivity index (χ4n) is 3.37. The summed E-state index contributed by atoms with van der Waals surface area (Å²) in [5, 5.41) is 9.23. The lowest BCUT2D eigenvalue weighted by Crippen LogP contribution is -2.39. The predicted octanol–water partition coefficient (Wildman–Crippen LogP) is 3.43. The van der Waals surface area contributed by atoms with Crippen LogP contribution >= 0.6 is 0 Å². The van der Waals surface area contributed by atoms with Gasteiger partial charge in [-0.2, -0.15) is 0 Å². The Bertz CT molecular complexity index is 730. The van der Waals surface area contributed by atoms with E-state index < -0.39 is 5.97 Å². The minimum atomic E-state index is -0.925. The number of aromatic nitrogens is 2. The Balaban J connectivity index is 1.96. The molecule has 126 valence electrons. The molecule has 1 aliphatic rings.